The average molecular weight is 396 g/mol. The molecule has 2 saturated heterocycles. The third-order valence-corrected chi connectivity index (χ3v) is 7.21. The summed E-state index contributed by atoms with van der Waals surface area (Å²) in [6.07, 6.45) is 2.22. The van der Waals surface area contributed by atoms with Crippen LogP contribution in [-0.2, 0) is 16.3 Å². The van der Waals surface area contributed by atoms with Crippen molar-refractivity contribution < 1.29 is 17.9 Å². The van der Waals surface area contributed by atoms with Crippen LogP contribution in [0.1, 0.15) is 18.4 Å². The molecule has 2 amide bonds. The molecule has 0 saturated carbocycles. The maximum absolute atomic E-state index is 12.4. The summed E-state index contributed by atoms with van der Waals surface area (Å²) in [5.74, 6) is 1.42. The second kappa shape index (κ2) is 8.93. The molecule has 8 heteroatoms. The van der Waals surface area contributed by atoms with E-state index in [4.69, 9.17) is 4.74 Å². The molecule has 1 aromatic carbocycles. The Hall–Kier alpha value is -1.80. The lowest BCUT2D eigenvalue weighted by Gasteiger charge is -2.40. The van der Waals surface area contributed by atoms with Crippen LogP contribution in [0.3, 0.4) is 0 Å². The van der Waals surface area contributed by atoms with Gasteiger partial charge in [0.2, 0.25) is 0 Å². The molecule has 1 N–H and O–H groups in total. The molecule has 150 valence electrons. The monoisotopic (exact) mass is 395 g/mol. The third-order valence-electron chi connectivity index (χ3n) is 5.49. The first kappa shape index (κ1) is 19.9. The zero-order chi connectivity index (χ0) is 19.3. The Kier molecular flexibility index (Phi) is 6.59. The van der Waals surface area contributed by atoms with Crippen molar-refractivity contribution in [2.75, 3.05) is 51.3 Å². The lowest BCUT2D eigenvalue weighted by molar-refractivity contribution is 0.103. The number of carbonyl (C=O) groups excluding carboxylic acids is 1. The average Bonchev–Trinajstić information content (AvgIpc) is 2.68. The van der Waals surface area contributed by atoms with Crippen LogP contribution in [0.15, 0.2) is 24.3 Å². The highest BCUT2D eigenvalue weighted by molar-refractivity contribution is 7.91. The maximum Gasteiger partial charge on any atom is 0.317 e. The van der Waals surface area contributed by atoms with Gasteiger partial charge in [-0.05, 0) is 37.0 Å². The lowest BCUT2D eigenvalue weighted by atomic mass is 10.1. The summed E-state index contributed by atoms with van der Waals surface area (Å²) < 4.78 is 28.3. The van der Waals surface area contributed by atoms with Crippen LogP contribution in [0.5, 0.6) is 5.75 Å². The highest BCUT2D eigenvalue weighted by Gasteiger charge is 2.30. The van der Waals surface area contributed by atoms with E-state index >= 15 is 0 Å². The molecule has 0 unspecified atom stereocenters. The van der Waals surface area contributed by atoms with Gasteiger partial charge in [0.25, 0.3) is 0 Å². The second-order valence-electron chi connectivity index (χ2n) is 7.24. The third kappa shape index (κ3) is 5.59. The van der Waals surface area contributed by atoms with Crippen molar-refractivity contribution in [1.82, 2.24) is 15.1 Å². The topological polar surface area (TPSA) is 79.0 Å². The van der Waals surface area contributed by atoms with Crippen LogP contribution in [-0.4, -0.2) is 81.6 Å². The van der Waals surface area contributed by atoms with Crippen LogP contribution >= 0.6 is 0 Å². The molecule has 2 aliphatic heterocycles. The van der Waals surface area contributed by atoms with Crippen molar-refractivity contribution in [1.29, 1.82) is 0 Å². The highest BCUT2D eigenvalue weighted by atomic mass is 32.2. The number of rotatable bonds is 5. The summed E-state index contributed by atoms with van der Waals surface area (Å²) >= 11 is 0. The van der Waals surface area contributed by atoms with Crippen LogP contribution in [0.4, 0.5) is 4.79 Å². The number of methoxy groups -OCH3 is 1. The normalized spacial score (nSPS) is 21.0. The van der Waals surface area contributed by atoms with Crippen LogP contribution in [0, 0.1) is 0 Å². The largest absolute Gasteiger partial charge is 0.497 e. The minimum Gasteiger partial charge on any atom is -0.497 e. The standard InChI is InChI=1S/C19H29N3O4S/c1-26-18-4-2-16(3-5-18)6-9-20-19(23)22-12-10-21(11-13-22)17-7-14-27(24,25)15-8-17/h2-5,17H,6-15H2,1H3,(H,20,23). The summed E-state index contributed by atoms with van der Waals surface area (Å²) in [5.41, 5.74) is 1.16. The molecular formula is C19H29N3O4S. The van der Waals surface area contributed by atoms with Crippen molar-refractivity contribution >= 4 is 15.9 Å². The van der Waals surface area contributed by atoms with Crippen molar-refractivity contribution in [3.8, 4) is 5.75 Å². The molecule has 0 atom stereocenters. The molecule has 27 heavy (non-hydrogen) atoms. The molecule has 0 bridgehead atoms. The quantitative estimate of drug-likeness (QED) is 0.809. The van der Waals surface area contributed by atoms with Gasteiger partial charge in [-0.3, -0.25) is 4.90 Å². The SMILES string of the molecule is COc1ccc(CCNC(=O)N2CCN(C3CCS(=O)(=O)CC3)CC2)cc1. The molecule has 1 aromatic rings. The molecule has 0 spiro atoms. The van der Waals surface area contributed by atoms with E-state index in [0.29, 0.717) is 37.2 Å². The van der Waals surface area contributed by atoms with Crippen LogP contribution < -0.4 is 10.1 Å². The number of hydrogen-bond acceptors (Lipinski definition) is 5. The van der Waals surface area contributed by atoms with E-state index in [1.165, 1.54) is 0 Å². The van der Waals surface area contributed by atoms with Gasteiger partial charge >= 0.3 is 6.03 Å². The molecule has 2 heterocycles. The number of benzene rings is 1. The van der Waals surface area contributed by atoms with E-state index in [9.17, 15) is 13.2 Å². The van der Waals surface area contributed by atoms with Gasteiger partial charge in [-0.15, -0.1) is 0 Å². The van der Waals surface area contributed by atoms with E-state index in [0.717, 1.165) is 43.7 Å². The minimum absolute atomic E-state index is 0.0191. The number of carbonyl (C=O) groups is 1. The molecule has 3 rings (SSSR count). The number of hydrogen-bond donors (Lipinski definition) is 1. The zero-order valence-electron chi connectivity index (χ0n) is 15.9. The first-order valence-electron chi connectivity index (χ1n) is 9.57. The Morgan fingerprint density at radius 2 is 1.74 bits per heavy atom. The van der Waals surface area contributed by atoms with E-state index in [2.05, 4.69) is 10.2 Å². The maximum atomic E-state index is 12.4. The Bertz CT molecular complexity index is 714. The van der Waals surface area contributed by atoms with Crippen molar-refractivity contribution in [2.45, 2.75) is 25.3 Å². The van der Waals surface area contributed by atoms with Crippen molar-refractivity contribution in [3.63, 3.8) is 0 Å². The van der Waals surface area contributed by atoms with E-state index in [-0.39, 0.29) is 6.03 Å². The summed E-state index contributed by atoms with van der Waals surface area (Å²) in [4.78, 5) is 16.5. The molecule has 0 aliphatic carbocycles. The number of piperazine rings is 1. The van der Waals surface area contributed by atoms with Gasteiger partial charge in [-0.2, -0.15) is 0 Å². The summed E-state index contributed by atoms with van der Waals surface area (Å²) in [6, 6.07) is 8.19. The van der Waals surface area contributed by atoms with Gasteiger partial charge in [0.15, 0.2) is 0 Å². The Morgan fingerprint density at radius 1 is 1.11 bits per heavy atom. The zero-order valence-corrected chi connectivity index (χ0v) is 16.7. The molecule has 0 radical (unpaired) electrons. The van der Waals surface area contributed by atoms with Gasteiger partial charge < -0.3 is 15.0 Å². The van der Waals surface area contributed by atoms with Gasteiger partial charge in [0.1, 0.15) is 15.6 Å². The van der Waals surface area contributed by atoms with Gasteiger partial charge in [-0.25, -0.2) is 13.2 Å². The lowest BCUT2D eigenvalue weighted by Crippen LogP contribution is -2.55. The van der Waals surface area contributed by atoms with E-state index in [1.807, 2.05) is 29.2 Å². The van der Waals surface area contributed by atoms with Gasteiger partial charge in [0, 0.05) is 38.8 Å². The number of nitrogens with one attached hydrogen (secondary N) is 1. The summed E-state index contributed by atoms with van der Waals surface area (Å²) in [6.45, 7) is 3.62. The summed E-state index contributed by atoms with van der Waals surface area (Å²) in [7, 11) is -1.18. The predicted molar refractivity (Wildman–Crippen MR) is 105 cm³/mol. The Morgan fingerprint density at radius 3 is 2.33 bits per heavy atom. The Labute approximate surface area is 161 Å². The fourth-order valence-corrected chi connectivity index (χ4v) is 5.22. The summed E-state index contributed by atoms with van der Waals surface area (Å²) in [5, 5.41) is 2.99. The number of sulfone groups is 1. The van der Waals surface area contributed by atoms with Gasteiger partial charge in [0.05, 0.1) is 18.6 Å². The fraction of sp³-hybridized carbons (Fsp3) is 0.632. The fourth-order valence-electron chi connectivity index (χ4n) is 3.75. The second-order valence-corrected chi connectivity index (χ2v) is 9.54. The van der Waals surface area contributed by atoms with Crippen molar-refractivity contribution in [3.05, 3.63) is 29.8 Å². The van der Waals surface area contributed by atoms with Gasteiger partial charge in [-0.1, -0.05) is 12.1 Å². The first-order valence-corrected chi connectivity index (χ1v) is 11.4. The van der Waals surface area contributed by atoms with E-state index < -0.39 is 9.84 Å². The number of ether oxygens (including phenoxy) is 1. The molecule has 0 aromatic heterocycles. The molecule has 2 fully saturated rings. The van der Waals surface area contributed by atoms with Crippen LogP contribution in [0.25, 0.3) is 0 Å². The minimum atomic E-state index is -2.82. The number of urea groups is 1. The molecular weight excluding hydrogens is 366 g/mol. The molecule has 2 aliphatic rings. The van der Waals surface area contributed by atoms with Crippen LogP contribution in [0.2, 0.25) is 0 Å². The number of nitrogens with zero attached hydrogens (tertiary/aromatic N) is 2. The van der Waals surface area contributed by atoms with E-state index in [1.54, 1.807) is 7.11 Å². The number of amides is 2. The Balaban J connectivity index is 1.37. The first-order chi connectivity index (χ1) is 13.0. The van der Waals surface area contributed by atoms with Crippen molar-refractivity contribution in [2.24, 2.45) is 0 Å². The molecule has 7 nitrogen and oxygen atoms in total. The smallest absolute Gasteiger partial charge is 0.317 e. The predicted octanol–water partition coefficient (Wildman–Crippen LogP) is 1.14. The highest BCUT2D eigenvalue weighted by Crippen LogP contribution is 2.19.